The summed E-state index contributed by atoms with van der Waals surface area (Å²) in [6.45, 7) is 2.34. The molecule has 1 nitrogen and oxygen atoms in total. The fraction of sp³-hybridized carbons (Fsp3) is 1.00. The molecule has 1 N–H and O–H groups in total. The van der Waals surface area contributed by atoms with Gasteiger partial charge < -0.3 is 5.32 Å². The van der Waals surface area contributed by atoms with Gasteiger partial charge in [0.05, 0.1) is 0 Å². The maximum absolute atomic E-state index is 3.48. The molecular weight excluding hydrogens is 177 g/mol. The summed E-state index contributed by atoms with van der Waals surface area (Å²) in [5.74, 6) is 0. The van der Waals surface area contributed by atoms with E-state index in [1.165, 1.54) is 13.0 Å². The molecular formula is C4H9BrClN. The molecule has 0 bridgehead atoms. The van der Waals surface area contributed by atoms with Crippen LogP contribution in [0.1, 0.15) is 6.42 Å². The van der Waals surface area contributed by atoms with Gasteiger partial charge in [-0.05, 0) is 13.0 Å². The van der Waals surface area contributed by atoms with E-state index in [4.69, 9.17) is 0 Å². The lowest BCUT2D eigenvalue weighted by molar-refractivity contribution is 0.859. The molecule has 1 aliphatic heterocycles. The summed E-state index contributed by atoms with van der Waals surface area (Å²) in [5.41, 5.74) is 0. The molecule has 0 radical (unpaired) electrons. The van der Waals surface area contributed by atoms with Crippen molar-refractivity contribution in [3.63, 3.8) is 0 Å². The number of halogens is 2. The third-order valence-corrected chi connectivity index (χ3v) is 1.78. The Bertz CT molecular complexity index is 45.0. The number of rotatable bonds is 0. The Labute approximate surface area is 58.4 Å². The zero-order chi connectivity index (χ0) is 4.41. The summed E-state index contributed by atoms with van der Waals surface area (Å²) in [7, 11) is 0. The Morgan fingerprint density at radius 3 is 2.43 bits per heavy atom. The summed E-state index contributed by atoms with van der Waals surface area (Å²) >= 11 is 3.48. The normalized spacial score (nSPS) is 29.6. The van der Waals surface area contributed by atoms with Gasteiger partial charge in [0.1, 0.15) is 0 Å². The minimum absolute atomic E-state index is 0. The summed E-state index contributed by atoms with van der Waals surface area (Å²) in [6, 6.07) is 0. The zero-order valence-electron chi connectivity index (χ0n) is 3.98. The zero-order valence-corrected chi connectivity index (χ0v) is 6.39. The predicted molar refractivity (Wildman–Crippen MR) is 37.4 cm³/mol. The molecule has 0 saturated carbocycles. The third-order valence-electron chi connectivity index (χ3n) is 1.00. The van der Waals surface area contributed by atoms with Gasteiger partial charge in [-0.15, -0.1) is 12.4 Å². The Kier molecular flexibility index (Phi) is 4.08. The molecule has 3 heteroatoms. The first-order valence-electron chi connectivity index (χ1n) is 2.24. The van der Waals surface area contributed by atoms with E-state index in [1.54, 1.807) is 0 Å². The first-order chi connectivity index (χ1) is 2.89. The van der Waals surface area contributed by atoms with Crippen LogP contribution in [0.5, 0.6) is 0 Å². The van der Waals surface area contributed by atoms with E-state index in [0.29, 0.717) is 0 Å². The molecule has 0 spiro atoms. The number of nitrogens with one attached hydrogen (secondary N) is 1. The molecule has 0 amide bonds. The van der Waals surface area contributed by atoms with Gasteiger partial charge in [0.15, 0.2) is 0 Å². The fourth-order valence-electron chi connectivity index (χ4n) is 0.619. The van der Waals surface area contributed by atoms with Crippen LogP contribution in [0, 0.1) is 0 Å². The molecule has 1 rings (SSSR count). The molecule has 0 aromatic heterocycles. The van der Waals surface area contributed by atoms with E-state index in [9.17, 15) is 0 Å². The minimum atomic E-state index is 0. The molecule has 0 aromatic carbocycles. The smallest absolute Gasteiger partial charge is 0.0282 e. The molecule has 1 atom stereocenters. The van der Waals surface area contributed by atoms with Crippen LogP contribution in [0.4, 0.5) is 0 Å². The highest BCUT2D eigenvalue weighted by molar-refractivity contribution is 9.09. The van der Waals surface area contributed by atoms with Crippen LogP contribution in [0.25, 0.3) is 0 Å². The van der Waals surface area contributed by atoms with Crippen LogP contribution in [0.3, 0.4) is 0 Å². The number of alkyl halides is 1. The van der Waals surface area contributed by atoms with E-state index >= 15 is 0 Å². The molecule has 0 aliphatic carbocycles. The second-order valence-corrected chi connectivity index (χ2v) is 2.89. The first-order valence-corrected chi connectivity index (χ1v) is 3.16. The summed E-state index contributed by atoms with van der Waals surface area (Å²) in [6.07, 6.45) is 1.29. The molecule has 1 fully saturated rings. The van der Waals surface area contributed by atoms with E-state index in [2.05, 4.69) is 21.2 Å². The van der Waals surface area contributed by atoms with E-state index in [-0.39, 0.29) is 12.4 Å². The van der Waals surface area contributed by atoms with Crippen molar-refractivity contribution in [1.82, 2.24) is 5.32 Å². The quantitative estimate of drug-likeness (QED) is 0.560. The van der Waals surface area contributed by atoms with Crippen molar-refractivity contribution in [2.75, 3.05) is 13.1 Å². The number of hydrogen-bond donors (Lipinski definition) is 1. The molecule has 7 heavy (non-hydrogen) atoms. The molecule has 44 valence electrons. The van der Waals surface area contributed by atoms with Crippen molar-refractivity contribution in [2.45, 2.75) is 11.2 Å². The van der Waals surface area contributed by atoms with E-state index in [1.807, 2.05) is 0 Å². The largest absolute Gasteiger partial charge is 0.316 e. The highest BCUT2D eigenvalue weighted by Crippen LogP contribution is 2.06. The van der Waals surface area contributed by atoms with Crippen LogP contribution in [-0.2, 0) is 0 Å². The third kappa shape index (κ3) is 2.52. The second-order valence-electron chi connectivity index (χ2n) is 1.59. The van der Waals surface area contributed by atoms with Crippen LogP contribution < -0.4 is 5.32 Å². The highest BCUT2D eigenvalue weighted by Gasteiger charge is 2.07. The average Bonchev–Trinajstić information content (AvgIpc) is 1.86. The van der Waals surface area contributed by atoms with Crippen molar-refractivity contribution in [3.05, 3.63) is 0 Å². The molecule has 1 saturated heterocycles. The lowest BCUT2D eigenvalue weighted by Gasteiger charge is -1.88. The lowest BCUT2D eigenvalue weighted by atomic mass is 10.4. The standard InChI is InChI=1S/C4H8BrN.ClH/c5-4-1-2-6-3-4;/h4,6H,1-3H2;1H/t4-;/m0./s1. The van der Waals surface area contributed by atoms with Gasteiger partial charge in [-0.25, -0.2) is 0 Å². The van der Waals surface area contributed by atoms with Gasteiger partial charge in [0.25, 0.3) is 0 Å². The lowest BCUT2D eigenvalue weighted by Crippen LogP contribution is -2.07. The molecule has 1 aliphatic rings. The van der Waals surface area contributed by atoms with Crippen LogP contribution in [0.15, 0.2) is 0 Å². The Balaban J connectivity index is 0.000000360. The van der Waals surface area contributed by atoms with Gasteiger partial charge in [0, 0.05) is 11.4 Å². The van der Waals surface area contributed by atoms with Crippen molar-refractivity contribution >= 4 is 28.3 Å². The SMILES string of the molecule is Br[C@H]1CCNC1.Cl. The van der Waals surface area contributed by atoms with Crippen LogP contribution in [-0.4, -0.2) is 17.9 Å². The first kappa shape index (κ1) is 7.73. The number of hydrogen-bond acceptors (Lipinski definition) is 1. The molecule has 0 unspecified atom stereocenters. The van der Waals surface area contributed by atoms with Crippen molar-refractivity contribution in [1.29, 1.82) is 0 Å². The maximum atomic E-state index is 3.48. The fourth-order valence-corrected chi connectivity index (χ4v) is 1.08. The van der Waals surface area contributed by atoms with Gasteiger partial charge in [0.2, 0.25) is 0 Å². The molecule has 0 aromatic rings. The topological polar surface area (TPSA) is 12.0 Å². The minimum Gasteiger partial charge on any atom is -0.316 e. The second kappa shape index (κ2) is 3.70. The monoisotopic (exact) mass is 185 g/mol. The Hall–Kier alpha value is 0.730. The maximum Gasteiger partial charge on any atom is 0.0282 e. The Morgan fingerprint density at radius 1 is 1.57 bits per heavy atom. The van der Waals surface area contributed by atoms with Crippen molar-refractivity contribution in [2.24, 2.45) is 0 Å². The Morgan fingerprint density at radius 2 is 2.29 bits per heavy atom. The van der Waals surface area contributed by atoms with Gasteiger partial charge in [-0.1, -0.05) is 15.9 Å². The van der Waals surface area contributed by atoms with Gasteiger partial charge in [-0.2, -0.15) is 0 Å². The highest BCUT2D eigenvalue weighted by atomic mass is 79.9. The van der Waals surface area contributed by atoms with Crippen molar-refractivity contribution < 1.29 is 0 Å². The summed E-state index contributed by atoms with van der Waals surface area (Å²) < 4.78 is 0. The van der Waals surface area contributed by atoms with E-state index < -0.39 is 0 Å². The summed E-state index contributed by atoms with van der Waals surface area (Å²) in [4.78, 5) is 0.748. The average molecular weight is 186 g/mol. The molecule has 1 heterocycles. The van der Waals surface area contributed by atoms with Gasteiger partial charge in [-0.3, -0.25) is 0 Å². The van der Waals surface area contributed by atoms with Crippen LogP contribution in [0.2, 0.25) is 0 Å². The van der Waals surface area contributed by atoms with Crippen molar-refractivity contribution in [3.8, 4) is 0 Å². The predicted octanol–water partition coefficient (Wildman–Crippen LogP) is 1.17. The van der Waals surface area contributed by atoms with Gasteiger partial charge >= 0.3 is 0 Å². The van der Waals surface area contributed by atoms with E-state index in [0.717, 1.165) is 11.4 Å². The van der Waals surface area contributed by atoms with Crippen LogP contribution >= 0.6 is 28.3 Å². The summed E-state index contributed by atoms with van der Waals surface area (Å²) in [5, 5.41) is 3.23.